The van der Waals surface area contributed by atoms with Crippen LogP contribution in [0.1, 0.15) is 46.1 Å². The largest absolute Gasteiger partial charge is 0.339 e. The van der Waals surface area contributed by atoms with Gasteiger partial charge in [-0.25, -0.2) is 0 Å². The minimum absolute atomic E-state index is 0.0987. The predicted octanol–water partition coefficient (Wildman–Crippen LogP) is 4.09. The quantitative estimate of drug-likeness (QED) is 0.707. The summed E-state index contributed by atoms with van der Waals surface area (Å²) < 4.78 is 0. The second kappa shape index (κ2) is 8.12. The number of hydrogen-bond donors (Lipinski definition) is 0. The number of carbonyl (C=O) groups is 1. The van der Waals surface area contributed by atoms with Gasteiger partial charge in [-0.3, -0.25) is 14.8 Å². The van der Waals surface area contributed by atoms with E-state index >= 15 is 0 Å². The molecule has 0 radical (unpaired) electrons. The third-order valence-electron chi connectivity index (χ3n) is 5.18. The molecule has 0 N–H and O–H groups in total. The van der Waals surface area contributed by atoms with Gasteiger partial charge in [-0.2, -0.15) is 0 Å². The molecule has 0 unspecified atom stereocenters. The van der Waals surface area contributed by atoms with Crippen molar-refractivity contribution in [2.24, 2.45) is 0 Å². The Hall–Kier alpha value is -3.01. The summed E-state index contributed by atoms with van der Waals surface area (Å²) in [5.74, 6) is 0.517. The maximum Gasteiger partial charge on any atom is 0.253 e. The van der Waals surface area contributed by atoms with Crippen LogP contribution in [0, 0.1) is 0 Å². The number of hydrogen-bond acceptors (Lipinski definition) is 3. The lowest BCUT2D eigenvalue weighted by Crippen LogP contribution is -2.38. The maximum atomic E-state index is 12.6. The van der Waals surface area contributed by atoms with Gasteiger partial charge in [0.25, 0.3) is 5.91 Å². The number of carbonyl (C=O) groups excluding carboxylic acids is 1. The second-order valence-corrected chi connectivity index (χ2v) is 7.02. The molecule has 0 bridgehead atoms. The Balaban J connectivity index is 1.40. The molecule has 4 rings (SSSR count). The summed E-state index contributed by atoms with van der Waals surface area (Å²) in [4.78, 5) is 23.4. The van der Waals surface area contributed by atoms with Crippen molar-refractivity contribution in [2.45, 2.75) is 25.2 Å². The standard InChI is InChI=1S/C23H23N3O/c27-23(20-9-13-24-14-10-20)26-15-11-19(12-16-26)22-8-4-7-21(25-22)17-18-5-2-1-3-6-18/h1-10,13-14,19H,11-12,15-17H2. The molecule has 4 heteroatoms. The molecule has 3 aromatic rings. The van der Waals surface area contributed by atoms with Crippen molar-refractivity contribution in [1.29, 1.82) is 0 Å². The molecular formula is C23H23N3O. The zero-order valence-electron chi connectivity index (χ0n) is 15.3. The number of benzene rings is 1. The summed E-state index contributed by atoms with van der Waals surface area (Å²) in [7, 11) is 0. The summed E-state index contributed by atoms with van der Waals surface area (Å²) in [5, 5.41) is 0. The Morgan fingerprint density at radius 3 is 2.41 bits per heavy atom. The van der Waals surface area contributed by atoms with Crippen molar-refractivity contribution in [3.8, 4) is 0 Å². The Morgan fingerprint density at radius 1 is 0.926 bits per heavy atom. The van der Waals surface area contributed by atoms with E-state index in [4.69, 9.17) is 4.98 Å². The molecule has 0 spiro atoms. The molecule has 1 aliphatic rings. The fraction of sp³-hybridized carbons (Fsp3) is 0.261. The van der Waals surface area contributed by atoms with Gasteiger partial charge >= 0.3 is 0 Å². The van der Waals surface area contributed by atoms with Crippen LogP contribution < -0.4 is 0 Å². The molecule has 0 aliphatic carbocycles. The summed E-state index contributed by atoms with van der Waals surface area (Å²) in [6, 6.07) is 20.3. The van der Waals surface area contributed by atoms with Gasteiger partial charge in [0.1, 0.15) is 0 Å². The average molecular weight is 357 g/mol. The van der Waals surface area contributed by atoms with Crippen LogP contribution >= 0.6 is 0 Å². The fourth-order valence-electron chi connectivity index (χ4n) is 3.68. The SMILES string of the molecule is O=C(c1ccncc1)N1CCC(c2cccc(Cc3ccccc3)n2)CC1. The topological polar surface area (TPSA) is 46.1 Å². The molecule has 1 fully saturated rings. The number of nitrogens with zero attached hydrogens (tertiary/aromatic N) is 3. The van der Waals surface area contributed by atoms with Gasteiger partial charge < -0.3 is 4.90 Å². The first-order valence-electron chi connectivity index (χ1n) is 9.48. The highest BCUT2D eigenvalue weighted by atomic mass is 16.2. The van der Waals surface area contributed by atoms with Gasteiger partial charge in [0.15, 0.2) is 0 Å². The highest BCUT2D eigenvalue weighted by molar-refractivity contribution is 5.94. The predicted molar refractivity (Wildman–Crippen MR) is 106 cm³/mol. The first-order valence-corrected chi connectivity index (χ1v) is 9.48. The summed E-state index contributed by atoms with van der Waals surface area (Å²) >= 11 is 0. The monoisotopic (exact) mass is 357 g/mol. The Bertz CT molecular complexity index is 888. The van der Waals surface area contributed by atoms with Gasteiger partial charge in [-0.15, -0.1) is 0 Å². The second-order valence-electron chi connectivity index (χ2n) is 7.02. The molecule has 2 aromatic heterocycles. The minimum Gasteiger partial charge on any atom is -0.339 e. The van der Waals surface area contributed by atoms with Crippen LogP contribution in [0.15, 0.2) is 73.1 Å². The molecule has 136 valence electrons. The van der Waals surface area contributed by atoms with E-state index in [2.05, 4.69) is 47.4 Å². The zero-order chi connectivity index (χ0) is 18.5. The molecule has 27 heavy (non-hydrogen) atoms. The lowest BCUT2D eigenvalue weighted by molar-refractivity contribution is 0.0712. The summed E-state index contributed by atoms with van der Waals surface area (Å²) in [6.45, 7) is 1.55. The van der Waals surface area contributed by atoms with Gasteiger partial charge in [0.2, 0.25) is 0 Å². The van der Waals surface area contributed by atoms with E-state index in [9.17, 15) is 4.79 Å². The van der Waals surface area contributed by atoms with E-state index in [0.29, 0.717) is 11.5 Å². The molecule has 1 aromatic carbocycles. The van der Waals surface area contributed by atoms with Crippen LogP contribution in [-0.2, 0) is 6.42 Å². The first-order chi connectivity index (χ1) is 13.3. The molecule has 1 saturated heterocycles. The van der Waals surface area contributed by atoms with E-state index in [0.717, 1.165) is 43.7 Å². The van der Waals surface area contributed by atoms with Gasteiger partial charge in [0.05, 0.1) is 0 Å². The van der Waals surface area contributed by atoms with Crippen molar-refractivity contribution in [2.75, 3.05) is 13.1 Å². The first kappa shape index (κ1) is 17.4. The molecule has 0 atom stereocenters. The van der Waals surface area contributed by atoms with Crippen molar-refractivity contribution in [1.82, 2.24) is 14.9 Å². The average Bonchev–Trinajstić information content (AvgIpc) is 2.75. The van der Waals surface area contributed by atoms with Crippen molar-refractivity contribution >= 4 is 5.91 Å². The number of piperidine rings is 1. The number of likely N-dealkylation sites (tertiary alicyclic amines) is 1. The zero-order valence-corrected chi connectivity index (χ0v) is 15.3. The fourth-order valence-corrected chi connectivity index (χ4v) is 3.68. The van der Waals surface area contributed by atoms with Crippen LogP contribution in [0.25, 0.3) is 0 Å². The molecule has 4 nitrogen and oxygen atoms in total. The maximum absolute atomic E-state index is 12.6. The summed E-state index contributed by atoms with van der Waals surface area (Å²) in [6.07, 6.45) is 6.11. The van der Waals surface area contributed by atoms with Crippen molar-refractivity contribution in [3.05, 3.63) is 95.6 Å². The Morgan fingerprint density at radius 2 is 1.67 bits per heavy atom. The van der Waals surface area contributed by atoms with Gasteiger partial charge in [-0.1, -0.05) is 36.4 Å². The van der Waals surface area contributed by atoms with Crippen LogP contribution in [0.2, 0.25) is 0 Å². The number of rotatable bonds is 4. The van der Waals surface area contributed by atoms with E-state index in [1.54, 1.807) is 24.5 Å². The van der Waals surface area contributed by atoms with E-state index < -0.39 is 0 Å². The molecule has 0 saturated carbocycles. The molecule has 3 heterocycles. The van der Waals surface area contributed by atoms with Crippen LogP contribution in [-0.4, -0.2) is 33.9 Å². The Kier molecular flexibility index (Phi) is 5.24. The number of amides is 1. The number of pyridine rings is 2. The van der Waals surface area contributed by atoms with E-state index in [1.165, 1.54) is 5.56 Å². The normalized spacial score (nSPS) is 14.9. The number of aromatic nitrogens is 2. The lowest BCUT2D eigenvalue weighted by Gasteiger charge is -2.32. The molecule has 1 amide bonds. The van der Waals surface area contributed by atoms with Crippen LogP contribution in [0.4, 0.5) is 0 Å². The lowest BCUT2D eigenvalue weighted by atomic mass is 9.92. The van der Waals surface area contributed by atoms with Gasteiger partial charge in [-0.05, 0) is 42.7 Å². The van der Waals surface area contributed by atoms with E-state index in [-0.39, 0.29) is 5.91 Å². The highest BCUT2D eigenvalue weighted by Gasteiger charge is 2.25. The van der Waals surface area contributed by atoms with Crippen molar-refractivity contribution < 1.29 is 4.79 Å². The molecular weight excluding hydrogens is 334 g/mol. The van der Waals surface area contributed by atoms with Gasteiger partial charge in [0, 0.05) is 54.8 Å². The summed E-state index contributed by atoms with van der Waals surface area (Å²) in [5.41, 5.74) is 4.25. The van der Waals surface area contributed by atoms with Crippen molar-refractivity contribution in [3.63, 3.8) is 0 Å². The van der Waals surface area contributed by atoms with E-state index in [1.807, 2.05) is 11.0 Å². The Labute approximate surface area is 159 Å². The minimum atomic E-state index is 0.0987. The van der Waals surface area contributed by atoms with Crippen LogP contribution in [0.5, 0.6) is 0 Å². The third kappa shape index (κ3) is 4.22. The molecule has 1 aliphatic heterocycles. The highest BCUT2D eigenvalue weighted by Crippen LogP contribution is 2.27. The smallest absolute Gasteiger partial charge is 0.253 e. The van der Waals surface area contributed by atoms with Crippen LogP contribution in [0.3, 0.4) is 0 Å². The third-order valence-corrected chi connectivity index (χ3v) is 5.18.